The number of carbonyl (C=O) groups excluding carboxylic acids is 1. The van der Waals surface area contributed by atoms with Crippen LogP contribution in [0.25, 0.3) is 0 Å². The molecule has 1 amide bonds. The van der Waals surface area contributed by atoms with Crippen molar-refractivity contribution >= 4 is 5.91 Å². The summed E-state index contributed by atoms with van der Waals surface area (Å²) in [5, 5.41) is 19.9. The van der Waals surface area contributed by atoms with Gasteiger partial charge in [-0.15, -0.1) is 5.10 Å². The highest BCUT2D eigenvalue weighted by Crippen LogP contribution is 2.08. The zero-order valence-corrected chi connectivity index (χ0v) is 10.9. The van der Waals surface area contributed by atoms with Gasteiger partial charge in [-0.25, -0.2) is 0 Å². The minimum absolute atomic E-state index is 0.138. The molecule has 0 aliphatic heterocycles. The van der Waals surface area contributed by atoms with Gasteiger partial charge in [-0.1, -0.05) is 5.21 Å². The summed E-state index contributed by atoms with van der Waals surface area (Å²) in [6.45, 7) is 5.13. The number of rotatable bonds is 8. The van der Waals surface area contributed by atoms with Gasteiger partial charge in [0, 0.05) is 37.9 Å². The molecule has 1 aromatic heterocycles. The average molecular weight is 255 g/mol. The first-order chi connectivity index (χ1) is 8.43. The number of aliphatic hydroxyl groups is 1. The summed E-state index contributed by atoms with van der Waals surface area (Å²) in [6.07, 6.45) is 2.75. The third-order valence-electron chi connectivity index (χ3n) is 2.50. The van der Waals surface area contributed by atoms with Crippen molar-refractivity contribution in [1.82, 2.24) is 20.3 Å². The van der Waals surface area contributed by atoms with Gasteiger partial charge < -0.3 is 16.2 Å². The maximum atomic E-state index is 10.9. The van der Waals surface area contributed by atoms with Gasteiger partial charge in [0.05, 0.1) is 5.69 Å². The van der Waals surface area contributed by atoms with Crippen LogP contribution < -0.4 is 11.1 Å². The van der Waals surface area contributed by atoms with Gasteiger partial charge in [-0.05, 0) is 20.3 Å². The number of carbonyl (C=O) groups is 1. The largest absolute Gasteiger partial charge is 0.396 e. The Morgan fingerprint density at radius 2 is 2.33 bits per heavy atom. The van der Waals surface area contributed by atoms with Crippen molar-refractivity contribution in [3.8, 4) is 0 Å². The van der Waals surface area contributed by atoms with E-state index in [0.29, 0.717) is 19.5 Å². The number of primary amides is 1. The molecule has 1 heterocycles. The molecular formula is C11H21N5O2. The highest BCUT2D eigenvalue weighted by molar-refractivity contribution is 5.74. The zero-order chi connectivity index (χ0) is 13.6. The number of hydrogen-bond acceptors (Lipinski definition) is 5. The first kappa shape index (κ1) is 14.6. The molecule has 0 fully saturated rings. The molecule has 1 rings (SSSR count). The Morgan fingerprint density at radius 1 is 1.61 bits per heavy atom. The van der Waals surface area contributed by atoms with Crippen molar-refractivity contribution in [1.29, 1.82) is 0 Å². The lowest BCUT2D eigenvalue weighted by Crippen LogP contribution is -2.42. The van der Waals surface area contributed by atoms with E-state index in [1.807, 2.05) is 20.0 Å². The monoisotopic (exact) mass is 255 g/mol. The Labute approximate surface area is 106 Å². The Kier molecular flexibility index (Phi) is 5.24. The molecule has 0 aliphatic carbocycles. The van der Waals surface area contributed by atoms with Crippen LogP contribution in [-0.4, -0.2) is 38.2 Å². The molecule has 18 heavy (non-hydrogen) atoms. The van der Waals surface area contributed by atoms with Gasteiger partial charge in [0.25, 0.3) is 0 Å². The first-order valence-electron chi connectivity index (χ1n) is 5.96. The molecule has 0 aromatic carbocycles. The molecule has 0 spiro atoms. The summed E-state index contributed by atoms with van der Waals surface area (Å²) < 4.78 is 1.69. The van der Waals surface area contributed by atoms with Crippen LogP contribution in [0.1, 0.15) is 32.4 Å². The Balaban J connectivity index is 2.43. The maximum Gasteiger partial charge on any atom is 0.219 e. The summed E-state index contributed by atoms with van der Waals surface area (Å²) in [4.78, 5) is 10.9. The minimum Gasteiger partial charge on any atom is -0.396 e. The average Bonchev–Trinajstić information content (AvgIpc) is 2.70. The molecular weight excluding hydrogens is 234 g/mol. The summed E-state index contributed by atoms with van der Waals surface area (Å²) >= 11 is 0. The number of nitrogens with one attached hydrogen (secondary N) is 1. The summed E-state index contributed by atoms with van der Waals surface area (Å²) in [6, 6.07) is 0. The van der Waals surface area contributed by atoms with E-state index in [1.54, 1.807) is 4.68 Å². The molecule has 0 saturated heterocycles. The topological polar surface area (TPSA) is 106 Å². The number of amides is 1. The molecule has 4 N–H and O–H groups in total. The summed E-state index contributed by atoms with van der Waals surface area (Å²) in [5.74, 6) is -0.334. The summed E-state index contributed by atoms with van der Waals surface area (Å²) in [7, 11) is 0. The molecule has 0 saturated carbocycles. The van der Waals surface area contributed by atoms with Gasteiger partial charge in [-0.3, -0.25) is 9.48 Å². The molecule has 1 aromatic rings. The molecule has 0 bridgehead atoms. The standard InChI is InChI=1S/C11H21N5O2/c1-11(2,6-10(12)18)13-7-9-8-16(15-14-9)4-3-5-17/h8,13,17H,3-7H2,1-2H3,(H2,12,18). The highest BCUT2D eigenvalue weighted by atomic mass is 16.3. The number of hydrogen-bond donors (Lipinski definition) is 3. The van der Waals surface area contributed by atoms with Crippen molar-refractivity contribution in [2.75, 3.05) is 6.61 Å². The molecule has 102 valence electrons. The van der Waals surface area contributed by atoms with Crippen LogP contribution in [0.15, 0.2) is 6.20 Å². The van der Waals surface area contributed by atoms with Crippen LogP contribution >= 0.6 is 0 Å². The van der Waals surface area contributed by atoms with Gasteiger partial charge >= 0.3 is 0 Å². The van der Waals surface area contributed by atoms with E-state index in [0.717, 1.165) is 5.69 Å². The number of aryl methyl sites for hydroxylation is 1. The lowest BCUT2D eigenvalue weighted by Gasteiger charge is -2.24. The van der Waals surface area contributed by atoms with Crippen molar-refractivity contribution < 1.29 is 9.90 Å². The number of aromatic nitrogens is 3. The molecule has 0 radical (unpaired) electrons. The fraction of sp³-hybridized carbons (Fsp3) is 0.727. The lowest BCUT2D eigenvalue weighted by atomic mass is 10.0. The third-order valence-corrected chi connectivity index (χ3v) is 2.50. The van der Waals surface area contributed by atoms with Gasteiger partial charge in [-0.2, -0.15) is 0 Å². The van der Waals surface area contributed by atoms with Crippen molar-refractivity contribution in [2.45, 2.75) is 45.3 Å². The van der Waals surface area contributed by atoms with E-state index in [1.165, 1.54) is 0 Å². The van der Waals surface area contributed by atoms with E-state index >= 15 is 0 Å². The van der Waals surface area contributed by atoms with E-state index in [4.69, 9.17) is 10.8 Å². The van der Waals surface area contributed by atoms with E-state index in [9.17, 15) is 4.79 Å². The van der Waals surface area contributed by atoms with Crippen LogP contribution in [0.2, 0.25) is 0 Å². The fourth-order valence-corrected chi connectivity index (χ4v) is 1.59. The van der Waals surface area contributed by atoms with Crippen LogP contribution in [0, 0.1) is 0 Å². The van der Waals surface area contributed by atoms with Crippen LogP contribution in [0.5, 0.6) is 0 Å². The number of nitrogens with two attached hydrogens (primary N) is 1. The fourth-order valence-electron chi connectivity index (χ4n) is 1.59. The predicted molar refractivity (Wildman–Crippen MR) is 66.5 cm³/mol. The second-order valence-corrected chi connectivity index (χ2v) is 4.93. The number of nitrogens with zero attached hydrogens (tertiary/aromatic N) is 3. The molecule has 7 heteroatoms. The second kappa shape index (κ2) is 6.46. The molecule has 0 aliphatic rings. The van der Waals surface area contributed by atoms with Gasteiger partial charge in [0.2, 0.25) is 5.91 Å². The van der Waals surface area contributed by atoms with Crippen molar-refractivity contribution in [3.05, 3.63) is 11.9 Å². The number of aliphatic hydroxyl groups excluding tert-OH is 1. The Hall–Kier alpha value is -1.47. The van der Waals surface area contributed by atoms with Crippen molar-refractivity contribution in [2.24, 2.45) is 5.73 Å². The van der Waals surface area contributed by atoms with Gasteiger partial charge in [0.1, 0.15) is 0 Å². The van der Waals surface area contributed by atoms with Crippen LogP contribution in [0.3, 0.4) is 0 Å². The minimum atomic E-state index is -0.360. The normalized spacial score (nSPS) is 11.7. The maximum absolute atomic E-state index is 10.9. The van der Waals surface area contributed by atoms with E-state index in [-0.39, 0.29) is 24.5 Å². The molecule has 7 nitrogen and oxygen atoms in total. The zero-order valence-electron chi connectivity index (χ0n) is 10.9. The van der Waals surface area contributed by atoms with Crippen molar-refractivity contribution in [3.63, 3.8) is 0 Å². The lowest BCUT2D eigenvalue weighted by molar-refractivity contribution is -0.119. The highest BCUT2D eigenvalue weighted by Gasteiger charge is 2.20. The Bertz CT molecular complexity index is 389. The summed E-state index contributed by atoms with van der Waals surface area (Å²) in [5.41, 5.74) is 5.61. The molecule has 0 unspecified atom stereocenters. The van der Waals surface area contributed by atoms with Crippen LogP contribution in [-0.2, 0) is 17.9 Å². The van der Waals surface area contributed by atoms with E-state index < -0.39 is 0 Å². The quantitative estimate of drug-likeness (QED) is 0.575. The third kappa shape index (κ3) is 5.24. The first-order valence-corrected chi connectivity index (χ1v) is 5.96. The van der Waals surface area contributed by atoms with Gasteiger partial charge in [0.15, 0.2) is 0 Å². The van der Waals surface area contributed by atoms with Crippen LogP contribution in [0.4, 0.5) is 0 Å². The second-order valence-electron chi connectivity index (χ2n) is 4.93. The smallest absolute Gasteiger partial charge is 0.219 e. The van der Waals surface area contributed by atoms with E-state index in [2.05, 4.69) is 15.6 Å². The molecule has 0 atom stereocenters. The predicted octanol–water partition coefficient (Wildman–Crippen LogP) is -0.596. The SMILES string of the molecule is CC(C)(CC(N)=O)NCc1cn(CCCO)nn1. The Morgan fingerprint density at radius 3 is 2.94 bits per heavy atom.